The van der Waals surface area contributed by atoms with Gasteiger partial charge in [0.25, 0.3) is 0 Å². The van der Waals surface area contributed by atoms with E-state index in [0.29, 0.717) is 12.5 Å². The number of hydrogen-bond donors (Lipinski definition) is 0. The Morgan fingerprint density at radius 2 is 1.70 bits per heavy atom. The van der Waals surface area contributed by atoms with Crippen molar-refractivity contribution in [2.75, 3.05) is 6.61 Å². The second-order valence-corrected chi connectivity index (χ2v) is 8.96. The standard InChI is InChI=1S/C24H32N2O/c1-16(2)15-27-23-22-21(12-13-25-23)17(3)18(4)26(22)14-19-8-10-20(11-9-19)24(5,6)7/h8-13,16H,14-15H2,1-7H3. The molecule has 0 spiro atoms. The molecule has 3 nitrogen and oxygen atoms in total. The maximum Gasteiger partial charge on any atom is 0.238 e. The lowest BCUT2D eigenvalue weighted by Gasteiger charge is -2.19. The van der Waals surface area contributed by atoms with Crippen LogP contribution >= 0.6 is 0 Å². The smallest absolute Gasteiger partial charge is 0.238 e. The Labute approximate surface area is 163 Å². The molecule has 144 valence electrons. The zero-order chi connectivity index (χ0) is 19.8. The fourth-order valence-electron chi connectivity index (χ4n) is 3.40. The van der Waals surface area contributed by atoms with Crippen LogP contribution in [0.15, 0.2) is 36.5 Å². The van der Waals surface area contributed by atoms with Gasteiger partial charge in [0.05, 0.1) is 6.61 Å². The first-order valence-electron chi connectivity index (χ1n) is 9.85. The van der Waals surface area contributed by atoms with Crippen LogP contribution in [0.4, 0.5) is 0 Å². The molecule has 0 fully saturated rings. The Balaban J connectivity index is 2.01. The predicted octanol–water partition coefficient (Wildman–Crippen LogP) is 6.03. The maximum absolute atomic E-state index is 6.06. The highest BCUT2D eigenvalue weighted by Gasteiger charge is 2.17. The average molecular weight is 365 g/mol. The predicted molar refractivity (Wildman–Crippen MR) is 114 cm³/mol. The fraction of sp³-hybridized carbons (Fsp3) is 0.458. The Morgan fingerprint density at radius 1 is 1.04 bits per heavy atom. The van der Waals surface area contributed by atoms with E-state index >= 15 is 0 Å². The minimum absolute atomic E-state index is 0.174. The van der Waals surface area contributed by atoms with E-state index in [1.165, 1.54) is 27.8 Å². The molecule has 3 heteroatoms. The molecule has 0 amide bonds. The van der Waals surface area contributed by atoms with Crippen molar-refractivity contribution in [3.63, 3.8) is 0 Å². The lowest BCUT2D eigenvalue weighted by atomic mass is 9.87. The topological polar surface area (TPSA) is 27.1 Å². The zero-order valence-corrected chi connectivity index (χ0v) is 17.8. The molecule has 0 saturated heterocycles. The highest BCUT2D eigenvalue weighted by Crippen LogP contribution is 2.32. The summed E-state index contributed by atoms with van der Waals surface area (Å²) in [5.74, 6) is 1.21. The van der Waals surface area contributed by atoms with Crippen LogP contribution in [-0.2, 0) is 12.0 Å². The van der Waals surface area contributed by atoms with Crippen molar-refractivity contribution in [3.8, 4) is 5.88 Å². The summed E-state index contributed by atoms with van der Waals surface area (Å²) in [6.45, 7) is 16.9. The van der Waals surface area contributed by atoms with Gasteiger partial charge >= 0.3 is 0 Å². The summed E-state index contributed by atoms with van der Waals surface area (Å²) in [4.78, 5) is 4.54. The second-order valence-electron chi connectivity index (χ2n) is 8.96. The first-order chi connectivity index (χ1) is 12.7. The van der Waals surface area contributed by atoms with E-state index in [0.717, 1.165) is 17.9 Å². The van der Waals surface area contributed by atoms with Gasteiger partial charge in [0.1, 0.15) is 5.52 Å². The molecule has 3 aromatic rings. The van der Waals surface area contributed by atoms with Crippen LogP contribution in [-0.4, -0.2) is 16.2 Å². The van der Waals surface area contributed by atoms with Crippen molar-refractivity contribution in [3.05, 3.63) is 58.9 Å². The van der Waals surface area contributed by atoms with Crippen LogP contribution < -0.4 is 4.74 Å². The van der Waals surface area contributed by atoms with Crippen LogP contribution in [0.25, 0.3) is 10.9 Å². The van der Waals surface area contributed by atoms with Gasteiger partial charge in [-0.3, -0.25) is 0 Å². The van der Waals surface area contributed by atoms with Crippen molar-refractivity contribution >= 4 is 10.9 Å². The van der Waals surface area contributed by atoms with E-state index in [9.17, 15) is 0 Å². The molecular weight excluding hydrogens is 332 g/mol. The number of hydrogen-bond acceptors (Lipinski definition) is 2. The average Bonchev–Trinajstić information content (AvgIpc) is 2.85. The lowest BCUT2D eigenvalue weighted by molar-refractivity contribution is 0.263. The van der Waals surface area contributed by atoms with Gasteiger partial charge in [-0.25, -0.2) is 4.98 Å². The van der Waals surface area contributed by atoms with E-state index in [-0.39, 0.29) is 5.41 Å². The number of rotatable bonds is 5. The molecule has 27 heavy (non-hydrogen) atoms. The van der Waals surface area contributed by atoms with Gasteiger partial charge in [0, 0.05) is 23.8 Å². The van der Waals surface area contributed by atoms with E-state index in [1.807, 2.05) is 6.20 Å². The lowest BCUT2D eigenvalue weighted by Crippen LogP contribution is -2.11. The van der Waals surface area contributed by atoms with Gasteiger partial charge < -0.3 is 9.30 Å². The number of aromatic nitrogens is 2. The molecule has 0 aliphatic rings. The van der Waals surface area contributed by atoms with Gasteiger partial charge in [0.2, 0.25) is 5.88 Å². The molecule has 2 aromatic heterocycles. The van der Waals surface area contributed by atoms with E-state index in [2.05, 4.69) is 88.3 Å². The van der Waals surface area contributed by atoms with E-state index in [4.69, 9.17) is 4.74 Å². The summed E-state index contributed by atoms with van der Waals surface area (Å²) in [7, 11) is 0. The highest BCUT2D eigenvalue weighted by molar-refractivity contribution is 5.89. The first-order valence-corrected chi connectivity index (χ1v) is 9.85. The summed E-state index contributed by atoms with van der Waals surface area (Å²) >= 11 is 0. The van der Waals surface area contributed by atoms with Crippen LogP contribution in [0, 0.1) is 19.8 Å². The van der Waals surface area contributed by atoms with Crippen molar-refractivity contribution in [2.24, 2.45) is 5.92 Å². The molecule has 0 unspecified atom stereocenters. The van der Waals surface area contributed by atoms with Gasteiger partial charge in [-0.15, -0.1) is 0 Å². The van der Waals surface area contributed by atoms with Crippen molar-refractivity contribution in [1.82, 2.24) is 9.55 Å². The van der Waals surface area contributed by atoms with Gasteiger partial charge in [-0.2, -0.15) is 0 Å². The SMILES string of the molecule is Cc1c(C)n(Cc2ccc(C(C)(C)C)cc2)c2c(OCC(C)C)nccc12. The summed E-state index contributed by atoms with van der Waals surface area (Å²) in [6.07, 6.45) is 1.85. The van der Waals surface area contributed by atoms with Crippen LogP contribution in [0.1, 0.15) is 57.0 Å². The van der Waals surface area contributed by atoms with Crippen LogP contribution in [0.2, 0.25) is 0 Å². The van der Waals surface area contributed by atoms with Gasteiger partial charge in [-0.1, -0.05) is 58.9 Å². The number of pyridine rings is 1. The fourth-order valence-corrected chi connectivity index (χ4v) is 3.40. The maximum atomic E-state index is 6.06. The second kappa shape index (κ2) is 7.38. The zero-order valence-electron chi connectivity index (χ0n) is 17.8. The molecule has 0 N–H and O–H groups in total. The summed E-state index contributed by atoms with van der Waals surface area (Å²) < 4.78 is 8.41. The molecule has 0 bridgehead atoms. The molecule has 3 rings (SSSR count). The van der Waals surface area contributed by atoms with E-state index < -0.39 is 0 Å². The largest absolute Gasteiger partial charge is 0.476 e. The van der Waals surface area contributed by atoms with E-state index in [1.54, 1.807) is 0 Å². The molecule has 2 heterocycles. The number of ether oxygens (including phenoxy) is 1. The molecule has 0 radical (unpaired) electrons. The monoisotopic (exact) mass is 364 g/mol. The number of benzene rings is 1. The Bertz CT molecular complexity index is 928. The van der Waals surface area contributed by atoms with Crippen LogP contribution in [0.5, 0.6) is 5.88 Å². The Morgan fingerprint density at radius 3 is 2.30 bits per heavy atom. The normalized spacial score (nSPS) is 12.1. The van der Waals surface area contributed by atoms with Crippen molar-refractivity contribution < 1.29 is 4.74 Å². The van der Waals surface area contributed by atoms with Crippen LogP contribution in [0.3, 0.4) is 0 Å². The van der Waals surface area contributed by atoms with Gasteiger partial charge in [0.15, 0.2) is 0 Å². The molecule has 1 aromatic carbocycles. The third kappa shape index (κ3) is 4.02. The molecule has 0 saturated carbocycles. The summed E-state index contributed by atoms with van der Waals surface area (Å²) in [6, 6.07) is 11.1. The highest BCUT2D eigenvalue weighted by atomic mass is 16.5. The van der Waals surface area contributed by atoms with Gasteiger partial charge in [-0.05, 0) is 47.9 Å². The Kier molecular flexibility index (Phi) is 5.32. The number of nitrogens with zero attached hydrogens (tertiary/aromatic N) is 2. The summed E-state index contributed by atoms with van der Waals surface area (Å²) in [5.41, 5.74) is 6.50. The minimum atomic E-state index is 0.174. The van der Waals surface area contributed by atoms with Crippen molar-refractivity contribution in [2.45, 2.75) is 60.4 Å². The summed E-state index contributed by atoms with van der Waals surface area (Å²) in [5, 5.41) is 1.23. The number of aryl methyl sites for hydroxylation is 1. The third-order valence-corrected chi connectivity index (χ3v) is 5.23. The Hall–Kier alpha value is -2.29. The molecule has 0 atom stereocenters. The number of fused-ring (bicyclic) bond motifs is 1. The minimum Gasteiger partial charge on any atom is -0.476 e. The molecule has 0 aliphatic heterocycles. The van der Waals surface area contributed by atoms with Crippen molar-refractivity contribution in [1.29, 1.82) is 0 Å². The molecule has 0 aliphatic carbocycles. The quantitative estimate of drug-likeness (QED) is 0.552. The third-order valence-electron chi connectivity index (χ3n) is 5.23. The first kappa shape index (κ1) is 19.5. The molecular formula is C24H32N2O.